The average molecular weight is 452 g/mol. The van der Waals surface area contributed by atoms with E-state index in [0.29, 0.717) is 11.1 Å². The first-order chi connectivity index (χ1) is 14.1. The molecule has 0 radical (unpaired) electrons. The van der Waals surface area contributed by atoms with Crippen LogP contribution in [0.2, 0.25) is 0 Å². The summed E-state index contributed by atoms with van der Waals surface area (Å²) in [7, 11) is -7.19. The molecule has 0 heterocycles. The first-order valence-corrected chi connectivity index (χ1v) is 12.6. The van der Waals surface area contributed by atoms with Gasteiger partial charge in [0.25, 0.3) is 5.91 Å². The summed E-state index contributed by atoms with van der Waals surface area (Å²) in [4.78, 5) is 12.6. The third-order valence-electron chi connectivity index (χ3n) is 4.38. The summed E-state index contributed by atoms with van der Waals surface area (Å²) in [6.45, 7) is 3.60. The zero-order valence-electron chi connectivity index (χ0n) is 16.8. The Hall–Kier alpha value is -2.27. The van der Waals surface area contributed by atoms with E-state index in [9.17, 15) is 21.6 Å². The predicted octanol–water partition coefficient (Wildman–Crippen LogP) is 1.74. The molecule has 0 saturated heterocycles. The minimum absolute atomic E-state index is 0.00768. The van der Waals surface area contributed by atoms with Gasteiger partial charge >= 0.3 is 0 Å². The molecule has 2 aromatic rings. The van der Waals surface area contributed by atoms with E-state index in [4.69, 9.17) is 0 Å². The molecule has 2 aromatic carbocycles. The third-order valence-corrected chi connectivity index (χ3v) is 7.57. The Balaban J connectivity index is 1.64. The normalized spacial score (nSPS) is 14.6. The minimum Gasteiger partial charge on any atom is -0.348 e. The van der Waals surface area contributed by atoms with E-state index >= 15 is 0 Å². The van der Waals surface area contributed by atoms with Crippen LogP contribution in [0.5, 0.6) is 0 Å². The lowest BCUT2D eigenvalue weighted by atomic mass is 10.2. The van der Waals surface area contributed by atoms with Crippen LogP contribution in [0, 0.1) is 0 Å². The molecule has 162 valence electrons. The first-order valence-electron chi connectivity index (χ1n) is 9.59. The maximum absolute atomic E-state index is 12.4. The van der Waals surface area contributed by atoms with Crippen LogP contribution in [0.4, 0.5) is 0 Å². The second-order valence-electron chi connectivity index (χ2n) is 7.53. The highest BCUT2D eigenvalue weighted by atomic mass is 32.2. The summed E-state index contributed by atoms with van der Waals surface area (Å²) in [5.74, 6) is -0.386. The van der Waals surface area contributed by atoms with Gasteiger partial charge in [0.15, 0.2) is 0 Å². The van der Waals surface area contributed by atoms with Crippen molar-refractivity contribution >= 4 is 26.0 Å². The van der Waals surface area contributed by atoms with Gasteiger partial charge in [-0.05, 0) is 68.7 Å². The fourth-order valence-corrected chi connectivity index (χ4v) is 5.39. The summed E-state index contributed by atoms with van der Waals surface area (Å²) < 4.78 is 54.1. The van der Waals surface area contributed by atoms with Crippen LogP contribution in [-0.4, -0.2) is 34.8 Å². The summed E-state index contributed by atoms with van der Waals surface area (Å²) in [6, 6.07) is 11.8. The van der Waals surface area contributed by atoms with Gasteiger partial charge in [0, 0.05) is 24.2 Å². The number of nitrogens with one attached hydrogen (secondary N) is 3. The summed E-state index contributed by atoms with van der Waals surface area (Å²) >= 11 is 0. The Morgan fingerprint density at radius 3 is 2.23 bits per heavy atom. The monoisotopic (exact) mass is 451 g/mol. The molecule has 0 aromatic heterocycles. The maximum Gasteiger partial charge on any atom is 0.251 e. The molecule has 0 spiro atoms. The fourth-order valence-electron chi connectivity index (χ4n) is 2.76. The third kappa shape index (κ3) is 5.88. The van der Waals surface area contributed by atoms with Crippen molar-refractivity contribution in [1.82, 2.24) is 14.8 Å². The van der Waals surface area contributed by atoms with Crippen molar-refractivity contribution in [3.05, 3.63) is 59.7 Å². The average Bonchev–Trinajstić information content (AvgIpc) is 3.49. The van der Waals surface area contributed by atoms with Crippen molar-refractivity contribution < 1.29 is 21.6 Å². The molecular formula is C20H25N3O5S2. The van der Waals surface area contributed by atoms with E-state index in [1.54, 1.807) is 26.0 Å². The number of hydrogen-bond acceptors (Lipinski definition) is 5. The zero-order valence-corrected chi connectivity index (χ0v) is 18.4. The van der Waals surface area contributed by atoms with Gasteiger partial charge in [0.1, 0.15) is 0 Å². The van der Waals surface area contributed by atoms with Crippen molar-refractivity contribution in [2.24, 2.45) is 0 Å². The van der Waals surface area contributed by atoms with Crippen molar-refractivity contribution in [2.75, 3.05) is 0 Å². The SMILES string of the molecule is CC(C)NS(=O)(=O)c1cccc(CNC(=O)c2ccc(S(=O)(=O)NC3CC3)cc2)c1. The molecule has 1 amide bonds. The van der Waals surface area contributed by atoms with E-state index in [1.165, 1.54) is 36.4 Å². The van der Waals surface area contributed by atoms with E-state index in [1.807, 2.05) is 0 Å². The lowest BCUT2D eigenvalue weighted by Crippen LogP contribution is -2.30. The molecule has 1 saturated carbocycles. The molecule has 3 N–H and O–H groups in total. The lowest BCUT2D eigenvalue weighted by molar-refractivity contribution is 0.0950. The van der Waals surface area contributed by atoms with Crippen LogP contribution in [0.3, 0.4) is 0 Å². The molecule has 3 rings (SSSR count). The summed E-state index contributed by atoms with van der Waals surface area (Å²) in [6.07, 6.45) is 1.69. The molecule has 0 atom stereocenters. The van der Waals surface area contributed by atoms with Gasteiger partial charge in [0.05, 0.1) is 9.79 Å². The lowest BCUT2D eigenvalue weighted by Gasteiger charge is -2.11. The Labute approximate surface area is 177 Å². The second kappa shape index (κ2) is 8.84. The highest BCUT2D eigenvalue weighted by Gasteiger charge is 2.28. The standard InChI is InChI=1S/C20H25N3O5S2/c1-14(2)22-30(27,28)19-5-3-4-15(12-19)13-21-20(24)16-6-10-18(11-7-16)29(25,26)23-17-8-9-17/h3-7,10-12,14,17,22-23H,8-9,13H2,1-2H3,(H,21,24). The number of amides is 1. The van der Waals surface area contributed by atoms with E-state index in [2.05, 4.69) is 14.8 Å². The van der Waals surface area contributed by atoms with Crippen LogP contribution in [0.1, 0.15) is 42.6 Å². The highest BCUT2D eigenvalue weighted by molar-refractivity contribution is 7.89. The number of hydrogen-bond donors (Lipinski definition) is 3. The van der Waals surface area contributed by atoms with Gasteiger partial charge in [-0.2, -0.15) is 0 Å². The van der Waals surface area contributed by atoms with Crippen molar-refractivity contribution in [3.63, 3.8) is 0 Å². The summed E-state index contributed by atoms with van der Waals surface area (Å²) in [5, 5.41) is 2.72. The smallest absolute Gasteiger partial charge is 0.251 e. The predicted molar refractivity (Wildman–Crippen MR) is 113 cm³/mol. The van der Waals surface area contributed by atoms with Crippen LogP contribution in [-0.2, 0) is 26.6 Å². The van der Waals surface area contributed by atoms with Crippen LogP contribution < -0.4 is 14.8 Å². The van der Waals surface area contributed by atoms with Crippen LogP contribution >= 0.6 is 0 Å². The van der Waals surface area contributed by atoms with E-state index < -0.39 is 20.0 Å². The summed E-state index contributed by atoms with van der Waals surface area (Å²) in [5.41, 5.74) is 0.938. The van der Waals surface area contributed by atoms with Gasteiger partial charge in [-0.1, -0.05) is 12.1 Å². The Kier molecular flexibility index (Phi) is 6.61. The highest BCUT2D eigenvalue weighted by Crippen LogP contribution is 2.22. The van der Waals surface area contributed by atoms with Gasteiger partial charge in [-0.3, -0.25) is 4.79 Å². The van der Waals surface area contributed by atoms with Crippen molar-refractivity contribution in [3.8, 4) is 0 Å². The van der Waals surface area contributed by atoms with Gasteiger partial charge in [-0.25, -0.2) is 26.3 Å². The molecule has 8 nitrogen and oxygen atoms in total. The van der Waals surface area contributed by atoms with Crippen molar-refractivity contribution in [1.29, 1.82) is 0 Å². The Morgan fingerprint density at radius 1 is 0.967 bits per heavy atom. The van der Waals surface area contributed by atoms with Gasteiger partial charge < -0.3 is 5.32 Å². The molecule has 10 heteroatoms. The van der Waals surface area contributed by atoms with Crippen LogP contribution in [0.15, 0.2) is 58.3 Å². The number of carbonyl (C=O) groups is 1. The maximum atomic E-state index is 12.4. The van der Waals surface area contributed by atoms with E-state index in [0.717, 1.165) is 12.8 Å². The zero-order chi connectivity index (χ0) is 21.9. The van der Waals surface area contributed by atoms with Gasteiger partial charge in [-0.15, -0.1) is 0 Å². The molecule has 30 heavy (non-hydrogen) atoms. The quantitative estimate of drug-likeness (QED) is 0.536. The second-order valence-corrected chi connectivity index (χ2v) is 11.0. The molecular weight excluding hydrogens is 426 g/mol. The molecule has 0 bridgehead atoms. The molecule has 1 aliphatic carbocycles. The number of benzene rings is 2. The molecule has 1 fully saturated rings. The number of carbonyl (C=O) groups excluding carboxylic acids is 1. The molecule has 0 aliphatic heterocycles. The Morgan fingerprint density at radius 2 is 1.63 bits per heavy atom. The van der Waals surface area contributed by atoms with Gasteiger partial charge in [0.2, 0.25) is 20.0 Å². The number of sulfonamides is 2. The van der Waals surface area contributed by atoms with E-state index in [-0.39, 0.29) is 34.3 Å². The molecule has 1 aliphatic rings. The molecule has 0 unspecified atom stereocenters. The number of rotatable bonds is 9. The van der Waals surface area contributed by atoms with Crippen LogP contribution in [0.25, 0.3) is 0 Å². The van der Waals surface area contributed by atoms with Crippen molar-refractivity contribution in [2.45, 2.75) is 55.1 Å². The minimum atomic E-state index is -3.62. The largest absolute Gasteiger partial charge is 0.348 e. The topological polar surface area (TPSA) is 121 Å². The fraction of sp³-hybridized carbons (Fsp3) is 0.350. The first kappa shape index (κ1) is 22.4. The Bertz CT molecular complexity index is 1120.